The lowest BCUT2D eigenvalue weighted by Crippen LogP contribution is -2.23. The molecule has 72 valence electrons. The molecule has 2 rings (SSSR count). The van der Waals surface area contributed by atoms with E-state index in [1.165, 1.54) is 0 Å². The minimum Gasteiger partial charge on any atom is -0.411 e. The van der Waals surface area contributed by atoms with Gasteiger partial charge in [-0.25, -0.2) is 0 Å². The van der Waals surface area contributed by atoms with Crippen LogP contribution in [-0.2, 0) is 6.42 Å². The van der Waals surface area contributed by atoms with Crippen LogP contribution < -0.4 is 0 Å². The number of benzene rings is 1. The molecule has 1 aromatic carbocycles. The van der Waals surface area contributed by atoms with Gasteiger partial charge in [-0.1, -0.05) is 34.6 Å². The molecule has 1 aromatic rings. The van der Waals surface area contributed by atoms with E-state index in [4.69, 9.17) is 10.4 Å². The summed E-state index contributed by atoms with van der Waals surface area (Å²) in [4.78, 5) is 0. The van der Waals surface area contributed by atoms with Gasteiger partial charge in [0, 0.05) is 5.56 Å². The van der Waals surface area contributed by atoms with Crippen molar-refractivity contribution in [3.05, 3.63) is 35.4 Å². The van der Waals surface area contributed by atoms with E-state index in [-0.39, 0.29) is 0 Å². The molecule has 0 saturated heterocycles. The number of oxime groups is 2. The molecular weight excluding hydrogens is 180 g/mol. The van der Waals surface area contributed by atoms with Gasteiger partial charge in [0.2, 0.25) is 0 Å². The third kappa shape index (κ3) is 1.25. The number of hydrogen-bond acceptors (Lipinski definition) is 4. The van der Waals surface area contributed by atoms with Crippen LogP contribution in [0.4, 0.5) is 0 Å². The van der Waals surface area contributed by atoms with E-state index in [0.29, 0.717) is 17.8 Å². The fourth-order valence-corrected chi connectivity index (χ4v) is 1.71. The van der Waals surface area contributed by atoms with E-state index >= 15 is 0 Å². The number of fused-ring (bicyclic) bond motifs is 1. The smallest absolute Gasteiger partial charge is 0.134 e. The van der Waals surface area contributed by atoms with Crippen molar-refractivity contribution in [2.45, 2.75) is 12.8 Å². The summed E-state index contributed by atoms with van der Waals surface area (Å²) < 4.78 is 0. The van der Waals surface area contributed by atoms with Gasteiger partial charge in [-0.3, -0.25) is 0 Å². The number of hydrogen-bond donors (Lipinski definition) is 2. The Morgan fingerprint density at radius 2 is 1.79 bits per heavy atom. The molecule has 4 nitrogen and oxygen atoms in total. The molecule has 0 saturated carbocycles. The molecular formula is C10H10N2O2. The molecule has 0 fully saturated rings. The van der Waals surface area contributed by atoms with Gasteiger partial charge in [0.05, 0.1) is 0 Å². The molecule has 0 amide bonds. The lowest BCUT2D eigenvalue weighted by atomic mass is 9.89. The molecule has 0 aliphatic heterocycles. The topological polar surface area (TPSA) is 65.2 Å². The van der Waals surface area contributed by atoms with E-state index < -0.39 is 0 Å². The van der Waals surface area contributed by atoms with Crippen LogP contribution in [0.5, 0.6) is 0 Å². The standard InChI is InChI=1S/C10H10N2O2/c13-11-9-6-5-7-3-1-2-4-8(7)10(9)12-14/h1-4,13-14H,5-6H2/b11-9-,12-10-. The second-order valence-corrected chi connectivity index (χ2v) is 3.15. The van der Waals surface area contributed by atoms with Gasteiger partial charge < -0.3 is 10.4 Å². The van der Waals surface area contributed by atoms with Gasteiger partial charge in [-0.05, 0) is 18.4 Å². The van der Waals surface area contributed by atoms with E-state index in [9.17, 15) is 0 Å². The molecule has 14 heavy (non-hydrogen) atoms. The van der Waals surface area contributed by atoms with E-state index in [2.05, 4.69) is 10.3 Å². The Hall–Kier alpha value is -1.84. The van der Waals surface area contributed by atoms with Crippen LogP contribution in [0.15, 0.2) is 34.6 Å². The quantitative estimate of drug-likeness (QED) is 0.482. The van der Waals surface area contributed by atoms with Crippen molar-refractivity contribution in [2.24, 2.45) is 10.3 Å². The first kappa shape index (κ1) is 8.74. The summed E-state index contributed by atoms with van der Waals surface area (Å²) >= 11 is 0. The predicted molar refractivity (Wildman–Crippen MR) is 52.3 cm³/mol. The average Bonchev–Trinajstić information content (AvgIpc) is 2.27. The Labute approximate surface area is 81.2 Å². The Balaban J connectivity index is 2.56. The maximum absolute atomic E-state index is 8.84. The van der Waals surface area contributed by atoms with Gasteiger partial charge in [-0.2, -0.15) is 0 Å². The molecule has 1 aliphatic carbocycles. The molecule has 0 heterocycles. The van der Waals surface area contributed by atoms with Crippen LogP contribution in [0.3, 0.4) is 0 Å². The minimum absolute atomic E-state index is 0.370. The summed E-state index contributed by atoms with van der Waals surface area (Å²) in [6.45, 7) is 0. The third-order valence-electron chi connectivity index (χ3n) is 2.40. The summed E-state index contributed by atoms with van der Waals surface area (Å²) in [5.41, 5.74) is 2.77. The Morgan fingerprint density at radius 3 is 2.50 bits per heavy atom. The first-order valence-corrected chi connectivity index (χ1v) is 4.38. The molecule has 2 N–H and O–H groups in total. The zero-order chi connectivity index (χ0) is 9.97. The van der Waals surface area contributed by atoms with Crippen LogP contribution in [-0.4, -0.2) is 21.8 Å². The van der Waals surface area contributed by atoms with E-state index in [1.807, 2.05) is 24.3 Å². The van der Waals surface area contributed by atoms with E-state index in [0.717, 1.165) is 17.5 Å². The van der Waals surface area contributed by atoms with E-state index in [1.54, 1.807) is 0 Å². The molecule has 1 aliphatic rings. The third-order valence-corrected chi connectivity index (χ3v) is 2.40. The second kappa shape index (κ2) is 3.49. The van der Waals surface area contributed by atoms with Gasteiger partial charge in [0.1, 0.15) is 11.4 Å². The van der Waals surface area contributed by atoms with Gasteiger partial charge in [-0.15, -0.1) is 0 Å². The fraction of sp³-hybridized carbons (Fsp3) is 0.200. The molecule has 0 spiro atoms. The van der Waals surface area contributed by atoms with Crippen LogP contribution in [0.25, 0.3) is 0 Å². The lowest BCUT2D eigenvalue weighted by Gasteiger charge is -2.16. The molecule has 4 heteroatoms. The summed E-state index contributed by atoms with van der Waals surface area (Å²) in [6, 6.07) is 7.64. The molecule has 0 radical (unpaired) electrons. The normalized spacial score (nSPS) is 21.1. The minimum atomic E-state index is 0.370. The Kier molecular flexibility index (Phi) is 2.18. The van der Waals surface area contributed by atoms with Crippen LogP contribution in [0.1, 0.15) is 17.5 Å². The Morgan fingerprint density at radius 1 is 1.00 bits per heavy atom. The van der Waals surface area contributed by atoms with Crippen molar-refractivity contribution >= 4 is 11.4 Å². The van der Waals surface area contributed by atoms with Gasteiger partial charge >= 0.3 is 0 Å². The molecule has 0 unspecified atom stereocenters. The second-order valence-electron chi connectivity index (χ2n) is 3.15. The zero-order valence-electron chi connectivity index (χ0n) is 7.51. The molecule has 0 atom stereocenters. The summed E-state index contributed by atoms with van der Waals surface area (Å²) in [5, 5.41) is 23.8. The fourth-order valence-electron chi connectivity index (χ4n) is 1.71. The summed E-state index contributed by atoms with van der Waals surface area (Å²) in [7, 11) is 0. The highest BCUT2D eigenvalue weighted by atomic mass is 16.4. The maximum Gasteiger partial charge on any atom is 0.134 e. The van der Waals surface area contributed by atoms with Crippen molar-refractivity contribution in [3.8, 4) is 0 Å². The van der Waals surface area contributed by atoms with Crippen molar-refractivity contribution < 1.29 is 10.4 Å². The van der Waals surface area contributed by atoms with Crippen LogP contribution >= 0.6 is 0 Å². The average molecular weight is 190 g/mol. The van der Waals surface area contributed by atoms with Crippen LogP contribution in [0.2, 0.25) is 0 Å². The van der Waals surface area contributed by atoms with Crippen molar-refractivity contribution in [2.75, 3.05) is 0 Å². The Bertz CT molecular complexity index is 410. The van der Waals surface area contributed by atoms with Gasteiger partial charge in [0.15, 0.2) is 0 Å². The number of nitrogens with zero attached hydrogens (tertiary/aromatic N) is 2. The highest BCUT2D eigenvalue weighted by molar-refractivity contribution is 6.49. The zero-order valence-corrected chi connectivity index (χ0v) is 7.51. The first-order valence-electron chi connectivity index (χ1n) is 4.38. The maximum atomic E-state index is 8.84. The number of rotatable bonds is 0. The summed E-state index contributed by atoms with van der Waals surface area (Å²) in [6.07, 6.45) is 1.42. The molecule has 0 aromatic heterocycles. The van der Waals surface area contributed by atoms with Crippen molar-refractivity contribution in [1.29, 1.82) is 0 Å². The highest BCUT2D eigenvalue weighted by Gasteiger charge is 2.21. The first-order chi connectivity index (χ1) is 6.86. The molecule has 0 bridgehead atoms. The summed E-state index contributed by atoms with van der Waals surface area (Å²) in [5.74, 6) is 0. The number of aryl methyl sites for hydroxylation is 1. The largest absolute Gasteiger partial charge is 0.411 e. The van der Waals surface area contributed by atoms with Crippen molar-refractivity contribution in [3.63, 3.8) is 0 Å². The SMILES string of the molecule is O/N=C1/CCc2ccccc2/C1=N/O. The van der Waals surface area contributed by atoms with Crippen LogP contribution in [0, 0.1) is 0 Å². The predicted octanol–water partition coefficient (Wildman–Crippen LogP) is 1.64. The lowest BCUT2D eigenvalue weighted by molar-refractivity contribution is 0.313. The highest BCUT2D eigenvalue weighted by Crippen LogP contribution is 2.19. The van der Waals surface area contributed by atoms with Crippen molar-refractivity contribution in [1.82, 2.24) is 0 Å². The monoisotopic (exact) mass is 190 g/mol. The van der Waals surface area contributed by atoms with Gasteiger partial charge in [0.25, 0.3) is 0 Å².